The van der Waals surface area contributed by atoms with Crippen molar-refractivity contribution < 1.29 is 48.4 Å². The molecule has 3 aromatic heterocycles. The van der Waals surface area contributed by atoms with E-state index in [0.717, 1.165) is 16.9 Å². The molecule has 0 unspecified atom stereocenters. The first-order valence-corrected chi connectivity index (χ1v) is 23.9. The van der Waals surface area contributed by atoms with Crippen LogP contribution in [0, 0.1) is 36.5 Å². The van der Waals surface area contributed by atoms with E-state index in [1.54, 1.807) is 44.2 Å². The molecule has 0 aliphatic rings. The van der Waals surface area contributed by atoms with E-state index in [0.29, 0.717) is 55.4 Å². The van der Waals surface area contributed by atoms with Gasteiger partial charge in [0.25, 0.3) is 20.2 Å². The van der Waals surface area contributed by atoms with E-state index in [1.807, 2.05) is 60.7 Å². The van der Waals surface area contributed by atoms with Crippen LogP contribution in [0.25, 0.3) is 27.8 Å². The third-order valence-corrected chi connectivity index (χ3v) is 10.5. The first kappa shape index (κ1) is 49.4. The number of para-hydroxylation sites is 2. The molecule has 0 amide bonds. The lowest BCUT2D eigenvalue weighted by Crippen LogP contribution is -2.08. The number of aromatic hydroxyl groups is 1. The second kappa shape index (κ2) is 21.8. The van der Waals surface area contributed by atoms with E-state index < -0.39 is 36.6 Å². The number of nitrogens with zero attached hydrogens (tertiary/aromatic N) is 10. The maximum absolute atomic E-state index is 11.4. The maximum atomic E-state index is 11.4. The van der Waals surface area contributed by atoms with E-state index in [1.165, 1.54) is 10.5 Å². The van der Waals surface area contributed by atoms with Gasteiger partial charge in [-0.25, -0.2) is 4.98 Å². The second-order valence-electron chi connectivity index (χ2n) is 13.5. The molecule has 338 valence electrons. The van der Waals surface area contributed by atoms with Crippen LogP contribution in [0.5, 0.6) is 11.6 Å². The van der Waals surface area contributed by atoms with Gasteiger partial charge >= 0.3 is 10.6 Å². The molecular formula is C41H34N10O11S4. The molecule has 0 aliphatic carbocycles. The maximum Gasteiger partial charge on any atom is 0.425 e. The van der Waals surface area contributed by atoms with Crippen molar-refractivity contribution in [1.82, 2.24) is 9.38 Å². The van der Waals surface area contributed by atoms with E-state index in [2.05, 4.69) is 47.8 Å². The van der Waals surface area contributed by atoms with Gasteiger partial charge in [-0.3, -0.25) is 13.5 Å². The average Bonchev–Trinajstić information content (AvgIpc) is 3.82. The van der Waals surface area contributed by atoms with Crippen molar-refractivity contribution in [3.8, 4) is 34.9 Å². The van der Waals surface area contributed by atoms with Crippen LogP contribution in [0.2, 0.25) is 0 Å². The molecule has 0 saturated heterocycles. The lowest BCUT2D eigenvalue weighted by Gasteiger charge is -2.12. The zero-order valence-electron chi connectivity index (χ0n) is 34.6. The Morgan fingerprint density at radius 1 is 0.773 bits per heavy atom. The smallest absolute Gasteiger partial charge is 0.425 e. The Hall–Kier alpha value is -7.65. The van der Waals surface area contributed by atoms with Gasteiger partial charge in [-0.15, -0.1) is 43.3 Å². The summed E-state index contributed by atoms with van der Waals surface area (Å²) < 4.78 is 90.6. The van der Waals surface area contributed by atoms with Crippen LogP contribution in [0.3, 0.4) is 0 Å². The summed E-state index contributed by atoms with van der Waals surface area (Å²) in [6, 6.07) is 33.2. The van der Waals surface area contributed by atoms with Crippen LogP contribution < -0.4 is 4.74 Å². The minimum Gasteiger partial charge on any atom is -0.493 e. The van der Waals surface area contributed by atoms with Crippen LogP contribution in [0.4, 0.5) is 32.8 Å². The summed E-state index contributed by atoms with van der Waals surface area (Å²) in [5.41, 5.74) is 5.31. The highest BCUT2D eigenvalue weighted by Crippen LogP contribution is 2.48. The number of imidazole rings is 1. The summed E-state index contributed by atoms with van der Waals surface area (Å²) in [6.07, 6.45) is 0.673. The first-order valence-electron chi connectivity index (χ1n) is 18.7. The minimum atomic E-state index is -4.24. The Morgan fingerprint density at radius 2 is 1.35 bits per heavy atom. The molecule has 0 fully saturated rings. The number of aryl methyl sites for hydroxylation is 1. The molecule has 0 atom stereocenters. The molecule has 3 N–H and O–H groups in total. The number of benzene rings is 4. The highest BCUT2D eigenvalue weighted by atomic mass is 32.2. The van der Waals surface area contributed by atoms with E-state index >= 15 is 0 Å². The van der Waals surface area contributed by atoms with E-state index in [9.17, 15) is 37.0 Å². The molecular weight excluding hydrogens is 937 g/mol. The quantitative estimate of drug-likeness (QED) is 0.0583. The van der Waals surface area contributed by atoms with E-state index in [4.69, 9.17) is 21.9 Å². The molecule has 21 nitrogen and oxygen atoms in total. The van der Waals surface area contributed by atoms with Gasteiger partial charge in [-0.1, -0.05) is 72.0 Å². The molecule has 0 radical (unpaired) electrons. The number of azo groups is 3. The average molecular weight is 971 g/mol. The van der Waals surface area contributed by atoms with Crippen molar-refractivity contribution in [2.45, 2.75) is 20.3 Å². The summed E-state index contributed by atoms with van der Waals surface area (Å²) >= 11 is 1.15. The van der Waals surface area contributed by atoms with Crippen LogP contribution in [-0.4, -0.2) is 71.7 Å². The number of fused-ring (bicyclic) bond motifs is 3. The number of rotatable bonds is 12. The second-order valence-corrected chi connectivity index (χ2v) is 17.9. The molecule has 0 bridgehead atoms. The Balaban J connectivity index is 0.000000830. The van der Waals surface area contributed by atoms with Gasteiger partial charge in [0.2, 0.25) is 5.88 Å². The number of nitriles is 2. The van der Waals surface area contributed by atoms with Gasteiger partial charge in [0.1, 0.15) is 39.7 Å². The predicted molar refractivity (Wildman–Crippen MR) is 242 cm³/mol. The van der Waals surface area contributed by atoms with Crippen LogP contribution in [0.1, 0.15) is 28.7 Å². The zero-order valence-corrected chi connectivity index (χ0v) is 37.8. The minimum absolute atomic E-state index is 0.0251. The number of hydrogen-bond donors (Lipinski definition) is 3. The lowest BCUT2D eigenvalue weighted by atomic mass is 10.0. The fraction of sp³-hybridized carbons (Fsp3) is 0.146. The van der Waals surface area contributed by atoms with Crippen molar-refractivity contribution in [2.24, 2.45) is 30.7 Å². The highest BCUT2D eigenvalue weighted by Gasteiger charge is 2.22. The van der Waals surface area contributed by atoms with Gasteiger partial charge in [0.15, 0.2) is 16.3 Å². The number of hydrogen-bond acceptors (Lipinski definition) is 19. The summed E-state index contributed by atoms with van der Waals surface area (Å²) in [6.45, 7) is 3.26. The molecule has 0 saturated carbocycles. The van der Waals surface area contributed by atoms with Crippen molar-refractivity contribution in [1.29, 1.82) is 10.5 Å². The van der Waals surface area contributed by atoms with Crippen molar-refractivity contribution in [2.75, 3.05) is 18.6 Å². The third kappa shape index (κ3) is 13.2. The van der Waals surface area contributed by atoms with Crippen LogP contribution >= 0.6 is 11.3 Å². The lowest BCUT2D eigenvalue weighted by molar-refractivity contribution is 0.317. The molecule has 4 aromatic carbocycles. The molecule has 0 aliphatic heterocycles. The number of pyridine rings is 1. The van der Waals surface area contributed by atoms with Gasteiger partial charge in [0, 0.05) is 17.2 Å². The third-order valence-electron chi connectivity index (χ3n) is 8.70. The summed E-state index contributed by atoms with van der Waals surface area (Å²) in [5, 5.41) is 59.2. The van der Waals surface area contributed by atoms with E-state index in [-0.39, 0.29) is 52.8 Å². The van der Waals surface area contributed by atoms with Gasteiger partial charge < -0.3 is 9.84 Å². The largest absolute Gasteiger partial charge is 0.493 e. The fourth-order valence-electron chi connectivity index (χ4n) is 5.93. The Bertz CT molecular complexity index is 3440. The van der Waals surface area contributed by atoms with Gasteiger partial charge in [0.05, 0.1) is 41.0 Å². The summed E-state index contributed by atoms with van der Waals surface area (Å²) in [4.78, 5) is 4.54. The first-order chi connectivity index (χ1) is 31.3. The standard InChI is InChI=1S/C40H30N10O5S2.CH4O3S.O3S/c1-24-20-32(46-47-36-25(2)28(22-41)37-43-30-16-9-10-17-33(30)50(37)40(36)51)34(55-18-11-19-57(52,53)54)21-31(24)45-48-38-29(23-42)35(26-12-5-3-6-13-26)39(56-38)49-44-27-14-7-4-8-15-27;1-5(2,3)4;1-4(2)3/h3-10,12-17,20-21,51H,11,18-19H2,1-2H3,(H,52,53,54);1H3,(H,2,3,4);. The van der Waals surface area contributed by atoms with Crippen molar-refractivity contribution in [3.63, 3.8) is 0 Å². The Morgan fingerprint density at radius 3 is 1.97 bits per heavy atom. The number of aromatic nitrogens is 2. The summed E-state index contributed by atoms with van der Waals surface area (Å²) in [5.74, 6) is -0.679. The molecule has 7 aromatic rings. The predicted octanol–water partition coefficient (Wildman–Crippen LogP) is 9.68. The molecule has 0 spiro atoms. The SMILES string of the molecule is CS(=O)(=O)O.Cc1cc(N=Nc2c(C)c(C#N)c3nc4ccccc4n3c2O)c(OCCCS(=O)(=O)O)cc1N=Nc1sc(N=Nc2ccccc2)c(-c2ccccc2)c1C#N.O=S(=O)=O. The monoisotopic (exact) mass is 970 g/mol. The Labute approximate surface area is 381 Å². The van der Waals surface area contributed by atoms with Gasteiger partial charge in [-0.2, -0.15) is 27.4 Å². The van der Waals surface area contributed by atoms with Crippen LogP contribution in [0.15, 0.2) is 128 Å². The molecule has 3 heterocycles. The number of thiophene rings is 1. The van der Waals surface area contributed by atoms with Crippen molar-refractivity contribution >= 4 is 91.6 Å². The topological polar surface area (TPSA) is 328 Å². The normalized spacial score (nSPS) is 11.6. The highest BCUT2D eigenvalue weighted by molar-refractivity contribution is 7.85. The van der Waals surface area contributed by atoms with Crippen molar-refractivity contribution in [3.05, 3.63) is 119 Å². The zero-order chi connectivity index (χ0) is 48.2. The van der Waals surface area contributed by atoms with Gasteiger partial charge in [-0.05, 0) is 61.7 Å². The molecule has 25 heteroatoms. The number of ether oxygens (including phenoxy) is 1. The molecule has 7 rings (SSSR count). The fourth-order valence-corrected chi connectivity index (χ4v) is 7.33. The summed E-state index contributed by atoms with van der Waals surface area (Å²) in [7, 11) is -11.0. The van der Waals surface area contributed by atoms with Crippen LogP contribution in [-0.2, 0) is 30.8 Å². The Kier molecular flexibility index (Phi) is 16.3. The molecule has 66 heavy (non-hydrogen) atoms.